The first-order chi connectivity index (χ1) is 27.0. The highest BCUT2D eigenvalue weighted by Gasteiger charge is 2.24. The number of esters is 1. The second-order valence-electron chi connectivity index (χ2n) is 14.4. The third-order valence-electron chi connectivity index (χ3n) is 9.79. The molecule has 0 saturated heterocycles. The van der Waals surface area contributed by atoms with Gasteiger partial charge in [-0.15, -0.1) is 0 Å². The molecule has 1 heterocycles. The molecule has 0 aliphatic carbocycles. The largest absolute Gasteiger partial charge is 0.507 e. The first-order valence-corrected chi connectivity index (χ1v) is 20.3. The van der Waals surface area contributed by atoms with E-state index in [1.807, 2.05) is 13.0 Å². The van der Waals surface area contributed by atoms with Crippen molar-refractivity contribution >= 4 is 5.97 Å². The Morgan fingerprint density at radius 1 is 0.554 bits per heavy atom. The molecule has 302 valence electrons. The molecule has 0 saturated carbocycles. The van der Waals surface area contributed by atoms with Crippen LogP contribution < -0.4 is 18.9 Å². The maximum Gasteiger partial charge on any atom is 0.338 e. The Labute approximate surface area is 333 Å². The molecule has 4 aromatic rings. The number of hydrogen-bond acceptors (Lipinski definition) is 10. The molecule has 0 radical (unpaired) electrons. The van der Waals surface area contributed by atoms with Crippen molar-refractivity contribution in [3.05, 3.63) is 65.2 Å². The highest BCUT2D eigenvalue weighted by Crippen LogP contribution is 2.42. The number of nitrogens with zero attached hydrogens (tertiary/aromatic N) is 3. The van der Waals surface area contributed by atoms with Crippen LogP contribution in [0.5, 0.6) is 34.5 Å². The Bertz CT molecular complexity index is 1850. The zero-order valence-corrected chi connectivity index (χ0v) is 34.6. The number of aromatic nitrogens is 3. The number of carbonyl (C=O) groups is 1. The lowest BCUT2D eigenvalue weighted by atomic mass is 10.0. The van der Waals surface area contributed by atoms with Crippen LogP contribution in [0.1, 0.15) is 121 Å². The summed E-state index contributed by atoms with van der Waals surface area (Å²) in [5.41, 5.74) is 3.00. The summed E-state index contributed by atoms with van der Waals surface area (Å²) < 4.78 is 24.2. The van der Waals surface area contributed by atoms with Gasteiger partial charge in [0.1, 0.15) is 34.5 Å². The minimum absolute atomic E-state index is 0.0386. The molecule has 0 atom stereocenters. The fourth-order valence-electron chi connectivity index (χ4n) is 6.22. The zero-order chi connectivity index (χ0) is 40.6. The van der Waals surface area contributed by atoms with Gasteiger partial charge in [-0.2, -0.15) is 0 Å². The molecule has 0 amide bonds. The number of ether oxygens (including phenoxy) is 4. The van der Waals surface area contributed by atoms with Crippen molar-refractivity contribution in [1.82, 2.24) is 15.0 Å². The van der Waals surface area contributed by atoms with Gasteiger partial charge in [0.25, 0.3) is 0 Å². The van der Waals surface area contributed by atoms with Crippen molar-refractivity contribution in [2.75, 3.05) is 19.8 Å². The number of carbonyl (C=O) groups excluding carboxylic acids is 1. The van der Waals surface area contributed by atoms with E-state index in [1.165, 1.54) is 0 Å². The van der Waals surface area contributed by atoms with Crippen LogP contribution >= 0.6 is 0 Å². The topological polar surface area (TPSA) is 133 Å². The van der Waals surface area contributed by atoms with Crippen molar-refractivity contribution in [2.45, 2.75) is 126 Å². The molecule has 2 N–H and O–H groups in total. The van der Waals surface area contributed by atoms with Gasteiger partial charge < -0.3 is 29.2 Å². The first kappa shape index (κ1) is 43.6. The minimum atomic E-state index is -0.610. The number of aromatic hydroxyl groups is 2. The van der Waals surface area contributed by atoms with Crippen LogP contribution in [-0.2, 0) is 4.79 Å². The molecule has 10 nitrogen and oxygen atoms in total. The first-order valence-electron chi connectivity index (χ1n) is 20.3. The van der Waals surface area contributed by atoms with Crippen molar-refractivity contribution in [2.24, 2.45) is 0 Å². The van der Waals surface area contributed by atoms with Crippen molar-refractivity contribution in [1.29, 1.82) is 0 Å². The number of hydrogen-bond donors (Lipinski definition) is 2. The van der Waals surface area contributed by atoms with E-state index in [2.05, 4.69) is 27.4 Å². The highest BCUT2D eigenvalue weighted by atomic mass is 16.5. The maximum absolute atomic E-state index is 13.0. The van der Waals surface area contributed by atoms with Crippen molar-refractivity contribution < 1.29 is 34.0 Å². The van der Waals surface area contributed by atoms with Crippen LogP contribution in [0.2, 0.25) is 0 Å². The predicted molar refractivity (Wildman–Crippen MR) is 223 cm³/mol. The fourth-order valence-corrected chi connectivity index (χ4v) is 6.22. The fraction of sp³-hybridized carbons (Fsp3) is 0.478. The number of phenols is 2. The summed E-state index contributed by atoms with van der Waals surface area (Å²) >= 11 is 0. The molecule has 0 bridgehead atoms. The van der Waals surface area contributed by atoms with Crippen LogP contribution in [0, 0.1) is 20.8 Å². The summed E-state index contributed by atoms with van der Waals surface area (Å²) in [6.07, 6.45) is 12.7. The van der Waals surface area contributed by atoms with Crippen molar-refractivity contribution in [3.63, 3.8) is 0 Å². The zero-order valence-electron chi connectivity index (χ0n) is 34.6. The number of benzene rings is 3. The van der Waals surface area contributed by atoms with Gasteiger partial charge in [0, 0.05) is 22.3 Å². The van der Waals surface area contributed by atoms with E-state index in [0.29, 0.717) is 70.4 Å². The van der Waals surface area contributed by atoms with Gasteiger partial charge >= 0.3 is 5.97 Å². The molecule has 3 aromatic carbocycles. The van der Waals surface area contributed by atoms with Crippen LogP contribution in [-0.4, -0.2) is 51.0 Å². The second-order valence-corrected chi connectivity index (χ2v) is 14.4. The van der Waals surface area contributed by atoms with Gasteiger partial charge in [-0.05, 0) is 83.4 Å². The summed E-state index contributed by atoms with van der Waals surface area (Å²) in [5, 5.41) is 23.2. The van der Waals surface area contributed by atoms with E-state index < -0.39 is 5.97 Å². The summed E-state index contributed by atoms with van der Waals surface area (Å²) in [6.45, 7) is 18.9. The Kier molecular flexibility index (Phi) is 17.0. The molecule has 0 aliphatic heterocycles. The van der Waals surface area contributed by atoms with Gasteiger partial charge in [-0.3, -0.25) is 0 Å². The SMILES string of the molecule is C=C(C)C(=O)Oc1c(-c2nc(-c3ccc(OCCCCCC)c(C)c3O)nc(-c3ccc(OCCCCCC)c(C)c3O)n2)ccc(OCCCCCC)c1C. The third-order valence-corrected chi connectivity index (χ3v) is 9.79. The van der Waals surface area contributed by atoms with Crippen molar-refractivity contribution in [3.8, 4) is 68.7 Å². The third kappa shape index (κ3) is 11.5. The summed E-state index contributed by atoms with van der Waals surface area (Å²) in [6, 6.07) is 10.6. The number of unbranched alkanes of at least 4 members (excludes halogenated alkanes) is 9. The van der Waals surface area contributed by atoms with Crippen LogP contribution in [0.3, 0.4) is 0 Å². The number of phenolic OH excluding ortho intramolecular Hbond substituents is 2. The van der Waals surface area contributed by atoms with Gasteiger partial charge in [-0.1, -0.05) is 85.1 Å². The molecule has 0 aliphatic rings. The molecular formula is C46H61N3O7. The highest BCUT2D eigenvalue weighted by molar-refractivity contribution is 5.90. The normalized spacial score (nSPS) is 11.1. The lowest BCUT2D eigenvalue weighted by molar-refractivity contribution is -0.130. The standard InChI is InChI=1S/C46H61N3O7/c1-9-12-15-18-27-53-37-24-21-34(40(50)31(37)6)43-47-44(35-22-25-38(32(7)41(35)51)54-28-19-16-13-10-2)49-45(48-43)36-23-26-39(55-29-20-17-14-11-3)33(8)42(36)56-46(52)30(4)5/h21-26,50-51H,4,9-20,27-29H2,1-3,5-8H3. The Hall–Kier alpha value is -5.12. The molecule has 56 heavy (non-hydrogen) atoms. The smallest absolute Gasteiger partial charge is 0.338 e. The van der Waals surface area contributed by atoms with E-state index in [4.69, 9.17) is 33.9 Å². The molecule has 10 heteroatoms. The van der Waals surface area contributed by atoms with Gasteiger partial charge in [0.05, 0.1) is 36.5 Å². The van der Waals surface area contributed by atoms with Gasteiger partial charge in [-0.25, -0.2) is 19.7 Å². The molecule has 1 aromatic heterocycles. The van der Waals surface area contributed by atoms with E-state index in [-0.39, 0.29) is 40.3 Å². The Morgan fingerprint density at radius 3 is 1.29 bits per heavy atom. The average molecular weight is 768 g/mol. The van der Waals surface area contributed by atoms with Crippen LogP contribution in [0.15, 0.2) is 48.6 Å². The molecule has 4 rings (SSSR count). The van der Waals surface area contributed by atoms with Crippen LogP contribution in [0.25, 0.3) is 34.2 Å². The average Bonchev–Trinajstić information content (AvgIpc) is 3.18. The lowest BCUT2D eigenvalue weighted by Gasteiger charge is -2.18. The Balaban J connectivity index is 1.86. The lowest BCUT2D eigenvalue weighted by Crippen LogP contribution is -2.12. The van der Waals surface area contributed by atoms with Crippen LogP contribution in [0.4, 0.5) is 0 Å². The summed E-state index contributed by atoms with van der Waals surface area (Å²) in [7, 11) is 0. The predicted octanol–water partition coefficient (Wildman–Crippen LogP) is 11.6. The van der Waals surface area contributed by atoms with Gasteiger partial charge in [0.2, 0.25) is 0 Å². The van der Waals surface area contributed by atoms with E-state index in [0.717, 1.165) is 77.0 Å². The van der Waals surface area contributed by atoms with E-state index in [1.54, 1.807) is 51.1 Å². The maximum atomic E-state index is 13.0. The monoisotopic (exact) mass is 767 g/mol. The summed E-state index contributed by atoms with van der Waals surface area (Å²) in [5.74, 6) is 1.71. The molecule has 0 fully saturated rings. The second kappa shape index (κ2) is 21.8. The quantitative estimate of drug-likeness (QED) is 0.0325. The molecule has 0 spiro atoms. The van der Waals surface area contributed by atoms with Gasteiger partial charge in [0.15, 0.2) is 17.5 Å². The molecule has 0 unspecified atom stereocenters. The Morgan fingerprint density at radius 2 is 0.911 bits per heavy atom. The number of rotatable bonds is 23. The summed E-state index contributed by atoms with van der Waals surface area (Å²) in [4.78, 5) is 27.6. The molecular weight excluding hydrogens is 707 g/mol. The van der Waals surface area contributed by atoms with E-state index in [9.17, 15) is 15.0 Å². The van der Waals surface area contributed by atoms with E-state index >= 15 is 0 Å². The minimum Gasteiger partial charge on any atom is -0.507 e.